The van der Waals surface area contributed by atoms with Gasteiger partial charge >= 0.3 is 0 Å². The number of likely N-dealkylation sites (tertiary alicyclic amines) is 2. The first kappa shape index (κ1) is 33.3. The van der Waals surface area contributed by atoms with Crippen LogP contribution in [0.3, 0.4) is 0 Å². The molecule has 5 rings (SSSR count). The molecule has 4 aliphatic heterocycles. The Hall–Kier alpha value is -1.09. The van der Waals surface area contributed by atoms with E-state index in [0.717, 1.165) is 38.9 Å². The van der Waals surface area contributed by atoms with Crippen LogP contribution >= 0.6 is 11.6 Å². The number of hydrogen-bond acceptors (Lipinski definition) is 10. The number of rotatable bonds is 10. The molecule has 12 nitrogen and oxygen atoms in total. The van der Waals surface area contributed by atoms with Gasteiger partial charge < -0.3 is 29.7 Å². The number of carbonyl (C=O) groups excluding carboxylic acids is 2. The normalized spacial score (nSPS) is 36.6. The summed E-state index contributed by atoms with van der Waals surface area (Å²) < 4.78 is 11.8. The molecule has 6 N–H and O–H groups in total. The Labute approximate surface area is 261 Å². The third kappa shape index (κ3) is 8.80. The molecule has 43 heavy (non-hydrogen) atoms. The summed E-state index contributed by atoms with van der Waals surface area (Å²) in [5.41, 5.74) is -0.106. The van der Waals surface area contributed by atoms with Gasteiger partial charge in [0.25, 0.3) is 0 Å². The maximum absolute atomic E-state index is 13.3. The number of halogens is 1. The minimum Gasteiger partial charge on any atom is -0.390 e. The first-order valence-electron chi connectivity index (χ1n) is 16.3. The van der Waals surface area contributed by atoms with Gasteiger partial charge in [0.15, 0.2) is 0 Å². The summed E-state index contributed by atoms with van der Waals surface area (Å²) in [6.45, 7) is 13.9. The predicted octanol–water partition coefficient (Wildman–Crippen LogP) is -0.396. The van der Waals surface area contributed by atoms with E-state index in [1.54, 1.807) is 6.92 Å². The summed E-state index contributed by atoms with van der Waals surface area (Å²) >= 11 is 6.93. The van der Waals surface area contributed by atoms with Gasteiger partial charge in [-0.15, -0.1) is 11.6 Å². The van der Waals surface area contributed by atoms with Crippen LogP contribution in [-0.2, 0) is 19.1 Å². The minimum atomic E-state index is -0.645. The Bertz CT molecular complexity index is 944. The van der Waals surface area contributed by atoms with Crippen LogP contribution in [0.25, 0.3) is 0 Å². The predicted molar refractivity (Wildman–Crippen MR) is 164 cm³/mol. The lowest BCUT2D eigenvalue weighted by Crippen LogP contribution is -2.72. The second kappa shape index (κ2) is 14.6. The van der Waals surface area contributed by atoms with Gasteiger partial charge in [-0.3, -0.25) is 30.9 Å². The first-order chi connectivity index (χ1) is 20.5. The van der Waals surface area contributed by atoms with E-state index < -0.39 is 6.10 Å². The quantitative estimate of drug-likeness (QED) is 0.178. The number of alkyl halides is 1. The van der Waals surface area contributed by atoms with E-state index in [1.165, 1.54) is 0 Å². The Morgan fingerprint density at radius 1 is 1.16 bits per heavy atom. The van der Waals surface area contributed by atoms with Gasteiger partial charge in [0.1, 0.15) is 0 Å². The molecule has 1 aliphatic carbocycles. The molecule has 4 saturated heterocycles. The van der Waals surface area contributed by atoms with Crippen molar-refractivity contribution in [3.63, 3.8) is 0 Å². The zero-order chi connectivity index (χ0) is 30.7. The number of carbonyl (C=O) groups is 2. The molecule has 0 radical (unpaired) electrons. The van der Waals surface area contributed by atoms with Gasteiger partial charge in [0.05, 0.1) is 55.4 Å². The van der Waals surface area contributed by atoms with Gasteiger partial charge in [-0.25, -0.2) is 0 Å². The topological polar surface area (TPSA) is 139 Å². The highest BCUT2D eigenvalue weighted by Crippen LogP contribution is 2.40. The third-order valence-electron chi connectivity index (χ3n) is 9.89. The van der Waals surface area contributed by atoms with E-state index in [2.05, 4.69) is 52.3 Å². The summed E-state index contributed by atoms with van der Waals surface area (Å²) in [7, 11) is 0. The van der Waals surface area contributed by atoms with Crippen LogP contribution in [0.1, 0.15) is 53.4 Å². The summed E-state index contributed by atoms with van der Waals surface area (Å²) in [4.78, 5) is 29.0. The lowest BCUT2D eigenvalue weighted by Gasteiger charge is -2.47. The van der Waals surface area contributed by atoms with Crippen molar-refractivity contribution in [2.75, 3.05) is 59.2 Å². The number of nitrogens with one attached hydrogen (secondary N) is 5. The van der Waals surface area contributed by atoms with Gasteiger partial charge in [-0.05, 0) is 43.1 Å². The Kier molecular flexibility index (Phi) is 11.3. The highest BCUT2D eigenvalue weighted by atomic mass is 35.5. The van der Waals surface area contributed by atoms with Crippen LogP contribution < -0.4 is 26.6 Å². The molecule has 0 aromatic carbocycles. The maximum Gasteiger partial charge on any atom is 0.237 e. The number of amides is 2. The first-order valence-corrected chi connectivity index (χ1v) is 16.7. The number of aliphatic hydroxyl groups is 1. The third-order valence-corrected chi connectivity index (χ3v) is 10.5. The highest BCUT2D eigenvalue weighted by Gasteiger charge is 2.43. The average Bonchev–Trinajstić information content (AvgIpc) is 3.46. The van der Waals surface area contributed by atoms with Crippen molar-refractivity contribution >= 4 is 23.4 Å². The van der Waals surface area contributed by atoms with Crippen molar-refractivity contribution in [1.29, 1.82) is 0 Å². The van der Waals surface area contributed by atoms with E-state index in [0.29, 0.717) is 51.2 Å². The van der Waals surface area contributed by atoms with E-state index in [9.17, 15) is 14.7 Å². The van der Waals surface area contributed by atoms with Gasteiger partial charge in [0, 0.05) is 58.7 Å². The lowest BCUT2D eigenvalue weighted by atomic mass is 9.73. The van der Waals surface area contributed by atoms with Crippen LogP contribution in [0.2, 0.25) is 0 Å². The Balaban J connectivity index is 1.04. The van der Waals surface area contributed by atoms with Crippen molar-refractivity contribution < 1.29 is 24.2 Å². The number of hydrogen-bond donors (Lipinski definition) is 6. The molecule has 0 spiro atoms. The van der Waals surface area contributed by atoms with Crippen molar-refractivity contribution in [2.24, 2.45) is 17.3 Å². The van der Waals surface area contributed by atoms with Gasteiger partial charge in [0.2, 0.25) is 11.8 Å². The van der Waals surface area contributed by atoms with Crippen molar-refractivity contribution in [1.82, 2.24) is 36.4 Å². The fourth-order valence-electron chi connectivity index (χ4n) is 7.25. The Morgan fingerprint density at radius 3 is 2.65 bits per heavy atom. The maximum atomic E-state index is 13.3. The van der Waals surface area contributed by atoms with Crippen LogP contribution in [0.5, 0.6) is 0 Å². The van der Waals surface area contributed by atoms with Crippen LogP contribution in [0.4, 0.5) is 0 Å². The lowest BCUT2D eigenvalue weighted by molar-refractivity contribution is -0.133. The monoisotopic (exact) mass is 627 g/mol. The molecule has 5 fully saturated rings. The highest BCUT2D eigenvalue weighted by molar-refractivity contribution is 6.21. The van der Waals surface area contributed by atoms with Gasteiger partial charge in [-0.1, -0.05) is 20.8 Å². The SMILES string of the molecule is CC(=O)N1CC(NC2CC(C(=O)NC[C@H](O)CN3CCC4C(CCC(OCC5CNCO5)C4Cl)C3)NC(C(C)(C)C)N2)C1. The number of β-amino-alcohol motifs (C(OH)–C–C–N with tert-alkyl or cyclic N) is 1. The Morgan fingerprint density at radius 2 is 1.95 bits per heavy atom. The molecule has 8 unspecified atom stereocenters. The zero-order valence-electron chi connectivity index (χ0n) is 26.3. The second-order valence-corrected chi connectivity index (χ2v) is 14.9. The van der Waals surface area contributed by atoms with Gasteiger partial charge in [-0.2, -0.15) is 0 Å². The molecular formula is C30H54ClN7O5. The van der Waals surface area contributed by atoms with Crippen molar-refractivity contribution in [3.8, 4) is 0 Å². The molecule has 2 amide bonds. The largest absolute Gasteiger partial charge is 0.390 e. The number of aliphatic hydroxyl groups excluding tert-OH is 1. The second-order valence-electron chi connectivity index (χ2n) is 14.4. The summed E-state index contributed by atoms with van der Waals surface area (Å²) in [6.07, 6.45) is 3.02. The number of piperidine rings is 1. The fraction of sp³-hybridized carbons (Fsp3) is 0.933. The molecule has 0 bridgehead atoms. The fourth-order valence-corrected chi connectivity index (χ4v) is 7.78. The molecule has 1 saturated carbocycles. The van der Waals surface area contributed by atoms with Crippen molar-refractivity contribution in [3.05, 3.63) is 0 Å². The number of fused-ring (bicyclic) bond motifs is 1. The molecule has 0 aromatic rings. The number of ether oxygens (including phenoxy) is 2. The molecule has 246 valence electrons. The van der Waals surface area contributed by atoms with E-state index in [-0.39, 0.29) is 65.8 Å². The molecular weight excluding hydrogens is 574 g/mol. The van der Waals surface area contributed by atoms with Crippen LogP contribution in [-0.4, -0.2) is 134 Å². The van der Waals surface area contributed by atoms with Crippen molar-refractivity contribution in [2.45, 2.75) is 101 Å². The molecule has 4 heterocycles. The average molecular weight is 628 g/mol. The molecule has 13 heteroatoms. The summed E-state index contributed by atoms with van der Waals surface area (Å²) in [5.74, 6) is 0.914. The summed E-state index contributed by atoms with van der Waals surface area (Å²) in [6, 6.07) is -0.167. The number of nitrogens with zero attached hydrogens (tertiary/aromatic N) is 2. The van der Waals surface area contributed by atoms with E-state index >= 15 is 0 Å². The smallest absolute Gasteiger partial charge is 0.237 e. The minimum absolute atomic E-state index is 0.00422. The van der Waals surface area contributed by atoms with E-state index in [4.69, 9.17) is 21.1 Å². The molecule has 5 aliphatic rings. The summed E-state index contributed by atoms with van der Waals surface area (Å²) in [5, 5.41) is 27.7. The molecule has 9 atom stereocenters. The van der Waals surface area contributed by atoms with Crippen LogP contribution in [0, 0.1) is 17.3 Å². The molecule has 0 aromatic heterocycles. The zero-order valence-corrected chi connectivity index (χ0v) is 27.1. The van der Waals surface area contributed by atoms with Crippen LogP contribution in [0.15, 0.2) is 0 Å². The standard InChI is InChI=1S/C30H54ClN7O5/c1-18(39)38-13-20(14-38)34-26-9-24(35-29(36-26)30(2,3)4)28(41)33-10-21(40)15-37-8-7-23-19(12-37)5-6-25(27(23)31)42-16-22-11-32-17-43-22/h19-27,29,32,34-36,40H,5-17H2,1-4H3,(H,33,41)/t19?,21-,22?,23?,24?,25?,26?,27?,29?/m0/s1. The van der Waals surface area contributed by atoms with E-state index in [1.807, 2.05) is 4.90 Å².